The van der Waals surface area contributed by atoms with Gasteiger partial charge < -0.3 is 30.6 Å². The third-order valence-corrected chi connectivity index (χ3v) is 7.45. The average molecular weight is 562 g/mol. The van der Waals surface area contributed by atoms with Crippen molar-refractivity contribution in [2.75, 3.05) is 29.0 Å². The second kappa shape index (κ2) is 11.0. The van der Waals surface area contributed by atoms with Crippen LogP contribution in [0.2, 0.25) is 5.02 Å². The molecule has 3 aliphatic heterocycles. The number of likely N-dealkylation sites (tertiary alicyclic amines) is 1. The molecule has 40 heavy (non-hydrogen) atoms. The van der Waals surface area contributed by atoms with Gasteiger partial charge in [-0.1, -0.05) is 11.6 Å². The zero-order chi connectivity index (χ0) is 27.6. The van der Waals surface area contributed by atoms with Crippen molar-refractivity contribution in [1.82, 2.24) is 25.2 Å². The molecule has 0 aliphatic carbocycles. The van der Waals surface area contributed by atoms with Gasteiger partial charge >= 0.3 is 6.03 Å². The summed E-state index contributed by atoms with van der Waals surface area (Å²) in [6.07, 6.45) is 9.52. The van der Waals surface area contributed by atoms with E-state index in [9.17, 15) is 9.59 Å². The molecule has 5 heterocycles. The summed E-state index contributed by atoms with van der Waals surface area (Å²) >= 11 is 6.37. The van der Waals surface area contributed by atoms with Gasteiger partial charge in [0, 0.05) is 54.5 Å². The standard InChI is InChI=1S/C27H28ClN9O3/c1-15-23(40-14-31-15)25(38)37-7-6-19(13-37)34-27(39)35-22-5-4-18-9-17(22)3-2-16-8-20(11-29-10-16)33-26-30-12-21(28)24(32-18)36-26/h4-5,9-12,14,16,19H,2-3,6-8,13H2,1H3,(H2,34,35,39)(H2,30,32,33,36)/t16?,19-/m0/s1. The fourth-order valence-corrected chi connectivity index (χ4v) is 5.23. The molecular weight excluding hydrogens is 534 g/mol. The number of aryl methyl sites for hydroxylation is 2. The van der Waals surface area contributed by atoms with Gasteiger partial charge in [-0.3, -0.25) is 9.79 Å². The molecule has 2 aromatic heterocycles. The van der Waals surface area contributed by atoms with Gasteiger partial charge in [0.1, 0.15) is 5.02 Å². The Morgan fingerprint density at radius 1 is 1.20 bits per heavy atom. The number of rotatable bonds is 3. The highest BCUT2D eigenvalue weighted by Gasteiger charge is 2.30. The predicted molar refractivity (Wildman–Crippen MR) is 151 cm³/mol. The Labute approximate surface area is 235 Å². The molecule has 13 heteroatoms. The number of nitrogens with one attached hydrogen (secondary N) is 4. The van der Waals surface area contributed by atoms with Crippen molar-refractivity contribution < 1.29 is 14.0 Å². The van der Waals surface area contributed by atoms with Gasteiger partial charge in [-0.2, -0.15) is 4.98 Å². The van der Waals surface area contributed by atoms with Gasteiger partial charge in [-0.25, -0.2) is 14.8 Å². The molecule has 1 aromatic carbocycles. The quantitative estimate of drug-likeness (QED) is 0.365. The van der Waals surface area contributed by atoms with Gasteiger partial charge in [-0.05, 0) is 56.4 Å². The van der Waals surface area contributed by atoms with E-state index in [0.717, 1.165) is 29.8 Å². The molecule has 3 aliphatic rings. The van der Waals surface area contributed by atoms with Crippen LogP contribution in [-0.4, -0.2) is 57.1 Å². The van der Waals surface area contributed by atoms with Gasteiger partial charge in [0.2, 0.25) is 11.7 Å². The Balaban J connectivity index is 1.16. The van der Waals surface area contributed by atoms with E-state index in [1.165, 1.54) is 6.39 Å². The number of benzene rings is 1. The number of amides is 3. The third kappa shape index (κ3) is 5.62. The van der Waals surface area contributed by atoms with Crippen molar-refractivity contribution in [3.63, 3.8) is 0 Å². The topological polar surface area (TPSA) is 150 Å². The van der Waals surface area contributed by atoms with E-state index in [2.05, 4.69) is 41.2 Å². The lowest BCUT2D eigenvalue weighted by molar-refractivity contribution is 0.0757. The lowest BCUT2D eigenvalue weighted by Gasteiger charge is -2.20. The Morgan fingerprint density at radius 2 is 2.10 bits per heavy atom. The van der Waals surface area contributed by atoms with Crippen LogP contribution in [0.15, 0.2) is 52.1 Å². The number of anilines is 4. The summed E-state index contributed by atoms with van der Waals surface area (Å²) in [5.74, 6) is 1.14. The maximum absolute atomic E-state index is 13.0. The van der Waals surface area contributed by atoms with Crippen LogP contribution in [0.25, 0.3) is 0 Å². The third-order valence-electron chi connectivity index (χ3n) is 7.18. The smallest absolute Gasteiger partial charge is 0.319 e. The summed E-state index contributed by atoms with van der Waals surface area (Å²) < 4.78 is 5.24. The maximum Gasteiger partial charge on any atom is 0.319 e. The number of hydrogen-bond acceptors (Lipinski definition) is 9. The van der Waals surface area contributed by atoms with Crippen molar-refractivity contribution >= 4 is 52.9 Å². The highest BCUT2D eigenvalue weighted by molar-refractivity contribution is 6.32. The van der Waals surface area contributed by atoms with Crippen LogP contribution in [0.1, 0.15) is 41.1 Å². The van der Waals surface area contributed by atoms with Crippen LogP contribution < -0.4 is 21.3 Å². The number of urea groups is 1. The van der Waals surface area contributed by atoms with Crippen LogP contribution >= 0.6 is 11.6 Å². The number of allylic oxidation sites excluding steroid dienone is 1. The Bertz CT molecular complexity index is 1520. The molecule has 1 saturated heterocycles. The number of carbonyl (C=O) groups excluding carboxylic acids is 2. The van der Waals surface area contributed by atoms with Crippen LogP contribution in [-0.2, 0) is 6.42 Å². The van der Waals surface area contributed by atoms with Gasteiger partial charge in [0.15, 0.2) is 12.2 Å². The first kappa shape index (κ1) is 25.8. The fourth-order valence-electron chi connectivity index (χ4n) is 5.10. The SMILES string of the molecule is Cc1ncoc1C(=O)N1CC[C@H](NC(=O)Nc2ccc3cc2CCC2C=NC=C(C2)Nc2ncc(Cl)c(n2)N3)C1. The molecule has 1 unspecified atom stereocenters. The molecule has 6 bridgehead atoms. The van der Waals surface area contributed by atoms with E-state index < -0.39 is 0 Å². The lowest BCUT2D eigenvalue weighted by atomic mass is 9.94. The number of aromatic nitrogens is 3. The van der Waals surface area contributed by atoms with Crippen molar-refractivity contribution in [2.45, 2.75) is 38.6 Å². The summed E-state index contributed by atoms with van der Waals surface area (Å²) in [5.41, 5.74) is 3.93. The van der Waals surface area contributed by atoms with E-state index in [1.807, 2.05) is 24.4 Å². The van der Waals surface area contributed by atoms with Crippen LogP contribution in [0, 0.1) is 12.8 Å². The molecule has 6 rings (SSSR count). The largest absolute Gasteiger partial charge is 0.438 e. The lowest BCUT2D eigenvalue weighted by Crippen LogP contribution is -2.40. The molecule has 206 valence electrons. The molecule has 1 fully saturated rings. The number of aliphatic imine (C=N–C) groups is 1. The zero-order valence-electron chi connectivity index (χ0n) is 21.8. The first-order chi connectivity index (χ1) is 19.4. The molecule has 0 spiro atoms. The van der Waals surface area contributed by atoms with E-state index >= 15 is 0 Å². The predicted octanol–water partition coefficient (Wildman–Crippen LogP) is 4.50. The molecule has 3 amide bonds. The van der Waals surface area contributed by atoms with E-state index in [-0.39, 0.29) is 29.7 Å². The van der Waals surface area contributed by atoms with E-state index in [0.29, 0.717) is 54.1 Å². The second-order valence-corrected chi connectivity index (χ2v) is 10.5. The minimum atomic E-state index is -0.327. The minimum Gasteiger partial charge on any atom is -0.438 e. The molecule has 0 radical (unpaired) electrons. The number of nitrogens with zero attached hydrogens (tertiary/aromatic N) is 5. The van der Waals surface area contributed by atoms with Crippen molar-refractivity contribution in [1.29, 1.82) is 0 Å². The normalized spacial score (nSPS) is 19.8. The van der Waals surface area contributed by atoms with Gasteiger partial charge in [0.25, 0.3) is 5.91 Å². The first-order valence-corrected chi connectivity index (χ1v) is 13.5. The number of carbonyl (C=O) groups is 2. The monoisotopic (exact) mass is 561 g/mol. The van der Waals surface area contributed by atoms with Crippen LogP contribution in [0.4, 0.5) is 27.9 Å². The molecular formula is C27H28ClN9O3. The first-order valence-electron chi connectivity index (χ1n) is 13.1. The number of hydrogen-bond donors (Lipinski definition) is 4. The Kier molecular flexibility index (Phi) is 7.08. The molecule has 0 saturated carbocycles. The Hall–Kier alpha value is -4.45. The molecule has 4 N–H and O–H groups in total. The Morgan fingerprint density at radius 3 is 2.95 bits per heavy atom. The van der Waals surface area contributed by atoms with E-state index in [4.69, 9.17) is 16.0 Å². The maximum atomic E-state index is 13.0. The molecule has 2 atom stereocenters. The number of oxazole rings is 1. The van der Waals surface area contributed by atoms with Crippen LogP contribution in [0.5, 0.6) is 0 Å². The highest BCUT2D eigenvalue weighted by atomic mass is 35.5. The number of halogens is 1. The summed E-state index contributed by atoms with van der Waals surface area (Å²) in [4.78, 5) is 44.6. The van der Waals surface area contributed by atoms with Gasteiger partial charge in [0.05, 0.1) is 11.9 Å². The summed E-state index contributed by atoms with van der Waals surface area (Å²) in [6, 6.07) is 5.21. The van der Waals surface area contributed by atoms with E-state index in [1.54, 1.807) is 24.2 Å². The summed E-state index contributed by atoms with van der Waals surface area (Å²) in [5, 5.41) is 12.9. The second-order valence-electron chi connectivity index (χ2n) is 10.1. The zero-order valence-corrected chi connectivity index (χ0v) is 22.5. The fraction of sp³-hybridized carbons (Fsp3) is 0.333. The highest BCUT2D eigenvalue weighted by Crippen LogP contribution is 2.30. The van der Waals surface area contributed by atoms with Crippen LogP contribution in [0.3, 0.4) is 0 Å². The van der Waals surface area contributed by atoms with Crippen molar-refractivity contribution in [3.8, 4) is 0 Å². The summed E-state index contributed by atoms with van der Waals surface area (Å²) in [6.45, 7) is 2.65. The van der Waals surface area contributed by atoms with Gasteiger partial charge in [-0.15, -0.1) is 0 Å². The number of fused-ring (bicyclic) bond motifs is 6. The molecule has 12 nitrogen and oxygen atoms in total. The van der Waals surface area contributed by atoms with Crippen molar-refractivity contribution in [2.24, 2.45) is 10.9 Å². The molecule has 3 aromatic rings. The van der Waals surface area contributed by atoms with Crippen molar-refractivity contribution in [3.05, 3.63) is 64.7 Å². The summed E-state index contributed by atoms with van der Waals surface area (Å²) in [7, 11) is 0. The minimum absolute atomic E-state index is 0.177. The average Bonchev–Trinajstić information content (AvgIpc) is 3.59.